The second-order valence-electron chi connectivity index (χ2n) is 9.69. The Morgan fingerprint density at radius 2 is 1.57 bits per heavy atom. The lowest BCUT2D eigenvalue weighted by Crippen LogP contribution is -2.35. The Morgan fingerprint density at radius 3 is 2.20 bits per heavy atom. The molecular formula is C32H37F3N4S. The van der Waals surface area contributed by atoms with Crippen molar-refractivity contribution >= 4 is 29.1 Å². The summed E-state index contributed by atoms with van der Waals surface area (Å²) in [6.45, 7) is 7.84. The van der Waals surface area contributed by atoms with Gasteiger partial charge in [0.1, 0.15) is 11.5 Å². The Hall–Kier alpha value is -3.10. The summed E-state index contributed by atoms with van der Waals surface area (Å²) in [5.74, 6) is 1.30. The molecule has 0 N–H and O–H groups in total. The maximum Gasteiger partial charge on any atom is 0.278 e. The molecule has 0 spiro atoms. The average Bonchev–Trinajstić information content (AvgIpc) is 3.50. The number of para-hydroxylation sites is 1. The van der Waals surface area contributed by atoms with E-state index in [4.69, 9.17) is 0 Å². The van der Waals surface area contributed by atoms with Gasteiger partial charge in [-0.1, -0.05) is 68.4 Å². The van der Waals surface area contributed by atoms with Crippen LogP contribution in [0.5, 0.6) is 0 Å². The van der Waals surface area contributed by atoms with Gasteiger partial charge in [-0.2, -0.15) is 10.2 Å². The van der Waals surface area contributed by atoms with Crippen LogP contribution in [0.3, 0.4) is 0 Å². The highest BCUT2D eigenvalue weighted by molar-refractivity contribution is 8.00. The highest BCUT2D eigenvalue weighted by atomic mass is 32.2. The molecule has 3 aromatic carbocycles. The third kappa shape index (κ3) is 8.21. The molecule has 5 rings (SSSR count). The SMILES string of the molecule is CC.Fc1ccc(C2CCN(CCSN(Cc3ccc(C4=NN=C(C(F)F)C4)cc3)c3ccccc3)CC2)cc1. The number of alkyl halides is 2. The number of likely N-dealkylation sites (tertiary alicyclic amines) is 1. The highest BCUT2D eigenvalue weighted by Gasteiger charge is 2.22. The van der Waals surface area contributed by atoms with Gasteiger partial charge in [0.2, 0.25) is 0 Å². The zero-order chi connectivity index (χ0) is 28.3. The fourth-order valence-corrected chi connectivity index (χ4v) is 6.00. The Morgan fingerprint density at radius 1 is 0.900 bits per heavy atom. The molecule has 4 nitrogen and oxygen atoms in total. The molecule has 0 unspecified atom stereocenters. The molecule has 0 bridgehead atoms. The number of anilines is 1. The second kappa shape index (κ2) is 15.1. The van der Waals surface area contributed by atoms with Gasteiger partial charge in [-0.25, -0.2) is 13.2 Å². The average molecular weight is 567 g/mol. The molecule has 2 aliphatic heterocycles. The Labute approximate surface area is 240 Å². The summed E-state index contributed by atoms with van der Waals surface area (Å²) in [4.78, 5) is 2.52. The van der Waals surface area contributed by atoms with E-state index in [1.807, 2.05) is 80.4 Å². The predicted molar refractivity (Wildman–Crippen MR) is 162 cm³/mol. The van der Waals surface area contributed by atoms with Crippen LogP contribution in [0.25, 0.3) is 0 Å². The number of hydrogen-bond acceptors (Lipinski definition) is 5. The smallest absolute Gasteiger partial charge is 0.278 e. The van der Waals surface area contributed by atoms with Crippen LogP contribution in [-0.2, 0) is 6.54 Å². The number of nitrogens with zero attached hydrogens (tertiary/aromatic N) is 4. The molecule has 1 fully saturated rings. The van der Waals surface area contributed by atoms with Crippen LogP contribution in [0.1, 0.15) is 55.7 Å². The summed E-state index contributed by atoms with van der Waals surface area (Å²) >= 11 is 1.82. The van der Waals surface area contributed by atoms with Crippen molar-refractivity contribution in [1.82, 2.24) is 4.90 Å². The van der Waals surface area contributed by atoms with Gasteiger partial charge >= 0.3 is 0 Å². The first kappa shape index (κ1) is 29.9. The van der Waals surface area contributed by atoms with Gasteiger partial charge in [-0.15, -0.1) is 0 Å². The van der Waals surface area contributed by atoms with E-state index < -0.39 is 6.43 Å². The molecule has 0 radical (unpaired) electrons. The molecule has 40 heavy (non-hydrogen) atoms. The van der Waals surface area contributed by atoms with Crippen molar-refractivity contribution in [2.24, 2.45) is 10.2 Å². The van der Waals surface area contributed by atoms with Crippen molar-refractivity contribution in [2.45, 2.75) is 52.0 Å². The van der Waals surface area contributed by atoms with Gasteiger partial charge in [0, 0.05) is 24.4 Å². The summed E-state index contributed by atoms with van der Waals surface area (Å²) in [7, 11) is 0. The first-order chi connectivity index (χ1) is 19.5. The molecule has 0 aromatic heterocycles. The first-order valence-electron chi connectivity index (χ1n) is 14.0. The minimum absolute atomic E-state index is 0.101. The summed E-state index contributed by atoms with van der Waals surface area (Å²) in [5.41, 5.74) is 4.77. The molecule has 3 aromatic rings. The summed E-state index contributed by atoms with van der Waals surface area (Å²) in [6, 6.07) is 25.3. The van der Waals surface area contributed by atoms with Gasteiger partial charge in [0.05, 0.1) is 12.3 Å². The third-order valence-corrected chi connectivity index (χ3v) is 8.16. The summed E-state index contributed by atoms with van der Waals surface area (Å²) in [5, 5.41) is 7.57. The number of hydrogen-bond donors (Lipinski definition) is 0. The highest BCUT2D eigenvalue weighted by Crippen LogP contribution is 2.29. The van der Waals surface area contributed by atoms with Gasteiger partial charge in [-0.3, -0.25) is 0 Å². The van der Waals surface area contributed by atoms with Crippen molar-refractivity contribution in [3.63, 3.8) is 0 Å². The Balaban J connectivity index is 0.00000181. The fourth-order valence-electron chi connectivity index (χ4n) is 4.93. The minimum Gasteiger partial charge on any atom is -0.312 e. The molecule has 1 saturated heterocycles. The third-order valence-electron chi connectivity index (χ3n) is 7.14. The molecule has 0 atom stereocenters. The van der Waals surface area contributed by atoms with Gasteiger partial charge < -0.3 is 9.21 Å². The van der Waals surface area contributed by atoms with Crippen molar-refractivity contribution in [1.29, 1.82) is 0 Å². The molecule has 0 aliphatic carbocycles. The van der Waals surface area contributed by atoms with E-state index in [0.717, 1.165) is 61.6 Å². The van der Waals surface area contributed by atoms with Crippen molar-refractivity contribution in [3.05, 3.63) is 101 Å². The quantitative estimate of drug-likeness (QED) is 0.232. The molecule has 0 amide bonds. The topological polar surface area (TPSA) is 31.2 Å². The van der Waals surface area contributed by atoms with E-state index in [1.165, 1.54) is 5.56 Å². The van der Waals surface area contributed by atoms with E-state index in [1.54, 1.807) is 12.1 Å². The lowest BCUT2D eigenvalue weighted by Gasteiger charge is -2.33. The van der Waals surface area contributed by atoms with Crippen molar-refractivity contribution in [3.8, 4) is 0 Å². The van der Waals surface area contributed by atoms with Gasteiger partial charge in [-0.05, 0) is 84.8 Å². The van der Waals surface area contributed by atoms with Crippen molar-refractivity contribution < 1.29 is 13.2 Å². The molecular weight excluding hydrogens is 529 g/mol. The number of halogens is 3. The fraction of sp³-hybridized carbons (Fsp3) is 0.375. The minimum atomic E-state index is -2.56. The van der Waals surface area contributed by atoms with Crippen LogP contribution in [0.4, 0.5) is 18.9 Å². The van der Waals surface area contributed by atoms with E-state index >= 15 is 0 Å². The maximum atomic E-state index is 13.3. The Bertz CT molecular complexity index is 1240. The summed E-state index contributed by atoms with van der Waals surface area (Å²) < 4.78 is 41.3. The zero-order valence-electron chi connectivity index (χ0n) is 23.1. The number of benzene rings is 3. The molecule has 0 saturated carbocycles. The largest absolute Gasteiger partial charge is 0.312 e. The van der Waals surface area contributed by atoms with Crippen LogP contribution in [-0.4, -0.2) is 48.1 Å². The van der Waals surface area contributed by atoms with Crippen LogP contribution < -0.4 is 4.31 Å². The van der Waals surface area contributed by atoms with E-state index in [9.17, 15) is 13.2 Å². The summed E-state index contributed by atoms with van der Waals surface area (Å²) in [6.07, 6.45) is -0.266. The van der Waals surface area contributed by atoms with Crippen LogP contribution in [0, 0.1) is 5.82 Å². The van der Waals surface area contributed by atoms with E-state index in [-0.39, 0.29) is 17.9 Å². The van der Waals surface area contributed by atoms with Crippen LogP contribution in [0.15, 0.2) is 89.1 Å². The lowest BCUT2D eigenvalue weighted by atomic mass is 9.89. The number of piperidine rings is 1. The first-order valence-corrected chi connectivity index (χ1v) is 14.9. The normalized spacial score (nSPS) is 15.8. The van der Waals surface area contributed by atoms with Crippen LogP contribution in [0.2, 0.25) is 0 Å². The predicted octanol–water partition coefficient (Wildman–Crippen LogP) is 8.20. The van der Waals surface area contributed by atoms with E-state index in [0.29, 0.717) is 11.6 Å². The Kier molecular flexibility index (Phi) is 11.2. The number of rotatable bonds is 10. The van der Waals surface area contributed by atoms with Crippen molar-refractivity contribution in [2.75, 3.05) is 29.7 Å². The molecule has 2 heterocycles. The monoisotopic (exact) mass is 566 g/mol. The molecule has 2 aliphatic rings. The molecule has 8 heteroatoms. The zero-order valence-corrected chi connectivity index (χ0v) is 24.0. The van der Waals surface area contributed by atoms with Gasteiger partial charge in [0.25, 0.3) is 6.43 Å². The standard InChI is InChI=1S/C30H31F3N4S.C2H6/c31-26-12-10-23(11-13-26)24-14-16-36(17-15-24)18-19-38-37(27-4-2-1-3-5-27)21-22-6-8-25(9-7-22)28-20-29(30(32)33)35-34-28;1-2/h1-13,24,30H,14-21H2;1-2H3. The second-order valence-corrected chi connectivity index (χ2v) is 10.8. The van der Waals surface area contributed by atoms with Crippen LogP contribution >= 0.6 is 11.9 Å². The maximum absolute atomic E-state index is 13.3. The lowest BCUT2D eigenvalue weighted by molar-refractivity contribution is 0.224. The van der Waals surface area contributed by atoms with E-state index in [2.05, 4.69) is 31.5 Å². The molecule has 212 valence electrons. The van der Waals surface area contributed by atoms with Gasteiger partial charge in [0.15, 0.2) is 0 Å².